The first kappa shape index (κ1) is 20.9. The number of carbonyl (C=O) groups excluding carboxylic acids is 2. The maximum atomic E-state index is 13.3. The van der Waals surface area contributed by atoms with Crippen molar-refractivity contribution in [3.8, 4) is 0 Å². The number of nitrogens with two attached hydrogens (primary N) is 1. The minimum atomic E-state index is -0.398. The smallest absolute Gasteiger partial charge is 0.245 e. The summed E-state index contributed by atoms with van der Waals surface area (Å²) >= 11 is 0. The van der Waals surface area contributed by atoms with E-state index < -0.39 is 6.04 Å². The van der Waals surface area contributed by atoms with Gasteiger partial charge >= 0.3 is 0 Å². The number of hydrogen-bond donors (Lipinski definition) is 2. The van der Waals surface area contributed by atoms with E-state index >= 15 is 0 Å². The number of likely N-dealkylation sites (tertiary alicyclic amines) is 1. The Labute approximate surface area is 169 Å². The van der Waals surface area contributed by atoms with Crippen LogP contribution in [0.2, 0.25) is 0 Å². The summed E-state index contributed by atoms with van der Waals surface area (Å²) in [4.78, 5) is 28.3. The molecule has 3 N–H and O–H groups in total. The first-order valence-corrected chi connectivity index (χ1v) is 10.7. The second-order valence-corrected chi connectivity index (χ2v) is 10.1. The third kappa shape index (κ3) is 4.00. The number of carbonyl (C=O) groups is 2. The van der Waals surface area contributed by atoms with Crippen molar-refractivity contribution in [1.82, 2.24) is 10.2 Å². The zero-order valence-electron chi connectivity index (χ0n) is 16.8. The van der Waals surface area contributed by atoms with Crippen molar-refractivity contribution in [2.45, 2.75) is 77.3 Å². The summed E-state index contributed by atoms with van der Waals surface area (Å²) in [5.74, 6) is 2.58. The van der Waals surface area contributed by atoms with Crippen LogP contribution in [0, 0.1) is 29.1 Å². The molecule has 27 heavy (non-hydrogen) atoms. The predicted octanol–water partition coefficient (Wildman–Crippen LogP) is 2.72. The van der Waals surface area contributed by atoms with Gasteiger partial charge in [-0.3, -0.25) is 9.59 Å². The van der Waals surface area contributed by atoms with Crippen molar-refractivity contribution >= 4 is 24.2 Å². The Kier molecular flexibility index (Phi) is 6.12. The van der Waals surface area contributed by atoms with Gasteiger partial charge in [-0.05, 0) is 75.0 Å². The lowest BCUT2D eigenvalue weighted by Gasteiger charge is -2.56. The van der Waals surface area contributed by atoms with Gasteiger partial charge in [0.25, 0.3) is 0 Å². The summed E-state index contributed by atoms with van der Waals surface area (Å²) in [7, 11) is 0. The van der Waals surface area contributed by atoms with Gasteiger partial charge in [-0.2, -0.15) is 0 Å². The van der Waals surface area contributed by atoms with Crippen LogP contribution >= 0.6 is 12.4 Å². The van der Waals surface area contributed by atoms with Gasteiger partial charge in [-0.25, -0.2) is 0 Å². The molecule has 0 spiro atoms. The number of rotatable bonds is 4. The molecule has 0 radical (unpaired) electrons. The highest BCUT2D eigenvalue weighted by molar-refractivity contribution is 5.90. The van der Waals surface area contributed by atoms with Crippen molar-refractivity contribution in [3.05, 3.63) is 0 Å². The SMILES string of the molecule is CC(C)C(NC(=O)C12CC3CC(CC(C3)C1)C2)C(=O)N1CCC(N)CC1.Cl. The molecule has 1 atom stereocenters. The molecule has 5 fully saturated rings. The molecule has 0 aromatic rings. The minimum Gasteiger partial charge on any atom is -0.344 e. The van der Waals surface area contributed by atoms with E-state index in [-0.39, 0.29) is 41.6 Å². The van der Waals surface area contributed by atoms with Crippen LogP contribution < -0.4 is 11.1 Å². The molecular weight excluding hydrogens is 362 g/mol. The highest BCUT2D eigenvalue weighted by atomic mass is 35.5. The van der Waals surface area contributed by atoms with E-state index in [1.165, 1.54) is 19.3 Å². The number of halogens is 1. The molecule has 6 heteroatoms. The molecule has 5 rings (SSSR count). The highest BCUT2D eigenvalue weighted by Crippen LogP contribution is 2.60. The van der Waals surface area contributed by atoms with Gasteiger partial charge in [-0.1, -0.05) is 13.8 Å². The monoisotopic (exact) mass is 397 g/mol. The third-order valence-electron chi connectivity index (χ3n) is 7.59. The van der Waals surface area contributed by atoms with Crippen molar-refractivity contribution in [2.24, 2.45) is 34.8 Å². The average Bonchev–Trinajstić information content (AvgIpc) is 2.58. The van der Waals surface area contributed by atoms with Crippen molar-refractivity contribution in [1.29, 1.82) is 0 Å². The van der Waals surface area contributed by atoms with Gasteiger partial charge in [0.1, 0.15) is 6.04 Å². The van der Waals surface area contributed by atoms with E-state index in [9.17, 15) is 9.59 Å². The van der Waals surface area contributed by atoms with E-state index in [1.54, 1.807) is 0 Å². The zero-order valence-corrected chi connectivity index (χ0v) is 17.6. The summed E-state index contributed by atoms with van der Waals surface area (Å²) in [6, 6.07) is -0.192. The van der Waals surface area contributed by atoms with Crippen LogP contribution in [0.1, 0.15) is 65.2 Å². The predicted molar refractivity (Wildman–Crippen MR) is 108 cm³/mol. The van der Waals surface area contributed by atoms with E-state index in [0.717, 1.165) is 62.9 Å². The van der Waals surface area contributed by atoms with Crippen LogP contribution in [0.25, 0.3) is 0 Å². The molecule has 0 aromatic carbocycles. The number of amides is 2. The maximum Gasteiger partial charge on any atom is 0.245 e. The number of nitrogens with zero attached hydrogens (tertiary/aromatic N) is 1. The first-order valence-electron chi connectivity index (χ1n) is 10.7. The van der Waals surface area contributed by atoms with Crippen LogP contribution in [-0.4, -0.2) is 41.9 Å². The third-order valence-corrected chi connectivity index (χ3v) is 7.59. The fraction of sp³-hybridized carbons (Fsp3) is 0.905. The molecule has 2 amide bonds. The second-order valence-electron chi connectivity index (χ2n) is 10.1. The molecule has 1 aliphatic heterocycles. The van der Waals surface area contributed by atoms with Crippen molar-refractivity contribution < 1.29 is 9.59 Å². The molecular formula is C21H36ClN3O2. The lowest BCUT2D eigenvalue weighted by atomic mass is 9.49. The molecule has 154 valence electrons. The first-order chi connectivity index (χ1) is 12.4. The van der Waals surface area contributed by atoms with Crippen molar-refractivity contribution in [3.63, 3.8) is 0 Å². The zero-order chi connectivity index (χ0) is 18.5. The minimum absolute atomic E-state index is 0. The topological polar surface area (TPSA) is 75.4 Å². The quantitative estimate of drug-likeness (QED) is 0.765. The number of piperidine rings is 1. The fourth-order valence-corrected chi connectivity index (χ4v) is 6.51. The molecule has 5 aliphatic rings. The normalized spacial score (nSPS) is 36.4. The summed E-state index contributed by atoms with van der Waals surface area (Å²) in [6.45, 7) is 5.52. The Bertz CT molecular complexity index is 536. The molecule has 4 saturated carbocycles. The Morgan fingerprint density at radius 3 is 1.93 bits per heavy atom. The van der Waals surface area contributed by atoms with Crippen LogP contribution in [-0.2, 0) is 9.59 Å². The van der Waals surface area contributed by atoms with E-state index in [1.807, 2.05) is 18.7 Å². The lowest BCUT2D eigenvalue weighted by molar-refractivity contribution is -0.150. The molecule has 1 heterocycles. The molecule has 1 unspecified atom stereocenters. The molecule has 4 bridgehead atoms. The maximum absolute atomic E-state index is 13.3. The molecule has 5 nitrogen and oxygen atoms in total. The summed E-state index contributed by atoms with van der Waals surface area (Å²) < 4.78 is 0. The molecule has 0 aromatic heterocycles. The Morgan fingerprint density at radius 2 is 1.48 bits per heavy atom. The van der Waals surface area contributed by atoms with Crippen molar-refractivity contribution in [2.75, 3.05) is 13.1 Å². The molecule has 4 aliphatic carbocycles. The largest absolute Gasteiger partial charge is 0.344 e. The number of hydrogen-bond acceptors (Lipinski definition) is 3. The van der Waals surface area contributed by atoms with Crippen LogP contribution in [0.5, 0.6) is 0 Å². The standard InChI is InChI=1S/C21H35N3O2.ClH/c1-13(2)18(19(25)24-5-3-17(22)4-6-24)23-20(26)21-10-14-7-15(11-21)9-16(8-14)12-21;/h13-18H,3-12,22H2,1-2H3,(H,23,26);1H. The van der Waals surface area contributed by atoms with E-state index in [4.69, 9.17) is 5.73 Å². The summed E-state index contributed by atoms with van der Waals surface area (Å²) in [5, 5.41) is 3.22. The van der Waals surface area contributed by atoms with E-state index in [2.05, 4.69) is 5.32 Å². The Hall–Kier alpha value is -0.810. The van der Waals surface area contributed by atoms with Gasteiger partial charge < -0.3 is 16.0 Å². The van der Waals surface area contributed by atoms with Gasteiger partial charge in [0.2, 0.25) is 11.8 Å². The van der Waals surface area contributed by atoms with Gasteiger partial charge in [0.05, 0.1) is 0 Å². The Morgan fingerprint density at radius 1 is 1.00 bits per heavy atom. The summed E-state index contributed by atoms with van der Waals surface area (Å²) in [6.07, 6.45) is 8.83. The number of nitrogens with one attached hydrogen (secondary N) is 1. The van der Waals surface area contributed by atoms with Crippen LogP contribution in [0.15, 0.2) is 0 Å². The summed E-state index contributed by atoms with van der Waals surface area (Å²) in [5.41, 5.74) is 5.79. The van der Waals surface area contributed by atoms with Gasteiger partial charge in [0.15, 0.2) is 0 Å². The molecule has 1 saturated heterocycles. The average molecular weight is 398 g/mol. The Balaban J connectivity index is 0.00000210. The van der Waals surface area contributed by atoms with E-state index in [0.29, 0.717) is 0 Å². The fourth-order valence-electron chi connectivity index (χ4n) is 6.51. The van der Waals surface area contributed by atoms with Gasteiger partial charge in [-0.15, -0.1) is 12.4 Å². The van der Waals surface area contributed by atoms with Crippen LogP contribution in [0.4, 0.5) is 0 Å². The highest BCUT2D eigenvalue weighted by Gasteiger charge is 2.55. The lowest BCUT2D eigenvalue weighted by Crippen LogP contribution is -2.59. The van der Waals surface area contributed by atoms with Gasteiger partial charge in [0, 0.05) is 24.5 Å². The van der Waals surface area contributed by atoms with Crippen LogP contribution in [0.3, 0.4) is 0 Å². The second kappa shape index (κ2) is 7.90.